The third-order valence-corrected chi connectivity index (χ3v) is 14.9. The van der Waals surface area contributed by atoms with Gasteiger partial charge in [0, 0.05) is 63.4 Å². The zero-order valence-electron chi connectivity index (χ0n) is 35.2. The average Bonchev–Trinajstić information content (AvgIpc) is 4.12. The number of para-hydroxylation sites is 5. The van der Waals surface area contributed by atoms with Crippen molar-refractivity contribution in [3.8, 4) is 40.3 Å². The predicted octanol–water partition coefficient (Wildman–Crippen LogP) is 15.9. The quantitative estimate of drug-likeness (QED) is 0.177. The van der Waals surface area contributed by atoms with E-state index in [-0.39, 0.29) is 0 Å². The van der Waals surface area contributed by atoms with E-state index >= 15 is 0 Å². The number of rotatable bonds is 4. The van der Waals surface area contributed by atoms with Crippen LogP contribution in [0.2, 0.25) is 0 Å². The van der Waals surface area contributed by atoms with Gasteiger partial charge in [0.1, 0.15) is 23.3 Å². The molecule has 6 heteroatoms. The van der Waals surface area contributed by atoms with Crippen molar-refractivity contribution in [2.24, 2.45) is 0 Å². The second-order valence-corrected chi connectivity index (χ2v) is 18.1. The van der Waals surface area contributed by atoms with Crippen molar-refractivity contribution < 1.29 is 0 Å². The fourth-order valence-electron chi connectivity index (χ4n) is 11.0. The Bertz CT molecular complexity index is 4240. The number of hydrogen-bond acceptors (Lipinski definition) is 3. The van der Waals surface area contributed by atoms with Gasteiger partial charge in [-0.1, -0.05) is 152 Å². The first-order valence-corrected chi connectivity index (χ1v) is 22.9. The predicted molar refractivity (Wildman–Crippen MR) is 275 cm³/mol. The van der Waals surface area contributed by atoms with E-state index in [1.165, 1.54) is 14.8 Å². The van der Waals surface area contributed by atoms with Crippen LogP contribution in [-0.4, -0.2) is 13.7 Å². The molecule has 0 aliphatic carbocycles. The molecule has 304 valence electrons. The van der Waals surface area contributed by atoms with Crippen LogP contribution in [0, 0.1) is 22.7 Å². The summed E-state index contributed by atoms with van der Waals surface area (Å²) in [5.41, 5.74) is 10.2. The summed E-state index contributed by atoms with van der Waals surface area (Å²) in [5.74, 6) is 0. The number of thiophene rings is 1. The lowest BCUT2D eigenvalue weighted by molar-refractivity contribution is 1.08. The van der Waals surface area contributed by atoms with Gasteiger partial charge in [0.05, 0.1) is 50.2 Å². The fourth-order valence-corrected chi connectivity index (χ4v) is 12.1. The maximum absolute atomic E-state index is 12.2. The van der Waals surface area contributed by atoms with E-state index in [9.17, 15) is 10.5 Å². The van der Waals surface area contributed by atoms with E-state index in [1.54, 1.807) is 11.3 Å². The van der Waals surface area contributed by atoms with Crippen LogP contribution in [0.3, 0.4) is 0 Å². The highest BCUT2D eigenvalue weighted by Crippen LogP contribution is 2.50. The van der Waals surface area contributed by atoms with E-state index in [4.69, 9.17) is 0 Å². The standard InChI is InChI=1S/C60H33N5S/c61-34-47-58(65-53-27-13-7-21-43(53)45-31-29-36-15-1-2-16-38(36)57(45)65)48(35-62)60(64-51-25-11-5-19-41(51)42-20-6-12-26-52(42)64)56(37-30-32-55-46(33-37)44-22-8-14-28-54(44)66-55)59(47)63-49-23-9-3-17-39(49)40-18-4-10-24-50(40)63/h1-33H. The van der Waals surface area contributed by atoms with E-state index in [0.717, 1.165) is 92.7 Å². The smallest absolute Gasteiger partial charge is 0.104 e. The molecular formula is C60H33N5S. The van der Waals surface area contributed by atoms with Gasteiger partial charge in [-0.3, -0.25) is 0 Å². The second-order valence-electron chi connectivity index (χ2n) is 17.0. The summed E-state index contributed by atoms with van der Waals surface area (Å²) in [4.78, 5) is 0. The first-order valence-electron chi connectivity index (χ1n) is 22.1. The molecule has 0 radical (unpaired) electrons. The molecule has 10 aromatic carbocycles. The summed E-state index contributed by atoms with van der Waals surface area (Å²) in [6.45, 7) is 0. The van der Waals surface area contributed by atoms with Crippen molar-refractivity contribution >= 4 is 108 Å². The lowest BCUT2D eigenvalue weighted by Crippen LogP contribution is -2.14. The Kier molecular flexibility index (Phi) is 7.63. The summed E-state index contributed by atoms with van der Waals surface area (Å²) in [6, 6.07) is 76.0. The van der Waals surface area contributed by atoms with Crippen molar-refractivity contribution in [3.63, 3.8) is 0 Å². The molecule has 0 aliphatic heterocycles. The SMILES string of the molecule is N#Cc1c(-n2c3ccccc3c3ccccc32)c(-c2ccc3sc4ccccc4c3c2)c(-n2c3ccccc3c3ccccc32)c(C#N)c1-n1c2ccccc2c2ccc3ccccc3c21. The molecule has 0 fully saturated rings. The third-order valence-electron chi connectivity index (χ3n) is 13.7. The highest BCUT2D eigenvalue weighted by molar-refractivity contribution is 7.25. The maximum atomic E-state index is 12.2. The molecule has 14 rings (SSSR count). The van der Waals surface area contributed by atoms with Gasteiger partial charge in [0.25, 0.3) is 0 Å². The van der Waals surface area contributed by atoms with E-state index in [1.807, 2.05) is 0 Å². The van der Waals surface area contributed by atoms with Gasteiger partial charge < -0.3 is 13.7 Å². The van der Waals surface area contributed by atoms with Crippen LogP contribution in [0.15, 0.2) is 200 Å². The van der Waals surface area contributed by atoms with Crippen molar-refractivity contribution in [2.45, 2.75) is 0 Å². The normalized spacial score (nSPS) is 11.9. The molecule has 0 spiro atoms. The maximum Gasteiger partial charge on any atom is 0.104 e. The minimum absolute atomic E-state index is 0.406. The number of aromatic nitrogens is 3. The van der Waals surface area contributed by atoms with Gasteiger partial charge >= 0.3 is 0 Å². The Morgan fingerprint density at radius 1 is 0.333 bits per heavy atom. The van der Waals surface area contributed by atoms with Gasteiger partial charge in [-0.05, 0) is 59.5 Å². The molecule has 4 aromatic heterocycles. The highest BCUT2D eigenvalue weighted by atomic mass is 32.1. The first kappa shape index (κ1) is 36.5. The number of nitrogens with zero attached hydrogens (tertiary/aromatic N) is 5. The van der Waals surface area contributed by atoms with E-state index in [0.29, 0.717) is 28.2 Å². The number of hydrogen-bond donors (Lipinski definition) is 0. The van der Waals surface area contributed by atoms with Crippen LogP contribution in [0.5, 0.6) is 0 Å². The van der Waals surface area contributed by atoms with Crippen molar-refractivity contribution in [1.29, 1.82) is 10.5 Å². The summed E-state index contributed by atoms with van der Waals surface area (Å²) in [5, 5.41) is 35.3. The molecule has 0 N–H and O–H groups in total. The molecule has 0 saturated heterocycles. The molecule has 0 bridgehead atoms. The van der Waals surface area contributed by atoms with Crippen LogP contribution < -0.4 is 0 Å². The zero-order valence-corrected chi connectivity index (χ0v) is 36.0. The Balaban J connectivity index is 1.31. The van der Waals surface area contributed by atoms with Crippen LogP contribution in [0.4, 0.5) is 0 Å². The van der Waals surface area contributed by atoms with Crippen molar-refractivity contribution in [2.75, 3.05) is 0 Å². The monoisotopic (exact) mass is 855 g/mol. The third kappa shape index (κ3) is 4.85. The topological polar surface area (TPSA) is 62.4 Å². The van der Waals surface area contributed by atoms with Gasteiger partial charge in [-0.15, -0.1) is 11.3 Å². The number of nitriles is 2. The Hall–Kier alpha value is -8.94. The summed E-state index contributed by atoms with van der Waals surface area (Å²) in [7, 11) is 0. The second kappa shape index (κ2) is 13.8. The van der Waals surface area contributed by atoms with Crippen LogP contribution in [-0.2, 0) is 0 Å². The van der Waals surface area contributed by atoms with E-state index in [2.05, 4.69) is 226 Å². The molecule has 0 saturated carbocycles. The molecule has 0 aliphatic rings. The van der Waals surface area contributed by atoms with Crippen LogP contribution >= 0.6 is 11.3 Å². The fraction of sp³-hybridized carbons (Fsp3) is 0. The average molecular weight is 856 g/mol. The van der Waals surface area contributed by atoms with E-state index < -0.39 is 0 Å². The number of fused-ring (bicyclic) bond motifs is 14. The largest absolute Gasteiger partial charge is 0.307 e. The minimum atomic E-state index is 0.406. The minimum Gasteiger partial charge on any atom is -0.307 e. The first-order chi connectivity index (χ1) is 32.7. The van der Waals surface area contributed by atoms with Crippen molar-refractivity contribution in [1.82, 2.24) is 13.7 Å². The molecule has 5 nitrogen and oxygen atoms in total. The molecule has 14 aromatic rings. The van der Waals surface area contributed by atoms with Gasteiger partial charge in [-0.25, -0.2) is 0 Å². The van der Waals surface area contributed by atoms with Crippen molar-refractivity contribution in [3.05, 3.63) is 211 Å². The molecular weight excluding hydrogens is 823 g/mol. The Morgan fingerprint density at radius 3 is 1.29 bits per heavy atom. The summed E-state index contributed by atoms with van der Waals surface area (Å²) >= 11 is 1.78. The highest BCUT2D eigenvalue weighted by Gasteiger charge is 2.33. The van der Waals surface area contributed by atoms with Gasteiger partial charge in [-0.2, -0.15) is 10.5 Å². The lowest BCUT2D eigenvalue weighted by atomic mass is 9.90. The Morgan fingerprint density at radius 2 is 0.758 bits per heavy atom. The molecule has 4 heterocycles. The number of benzene rings is 10. The molecule has 0 atom stereocenters. The molecule has 0 unspecified atom stereocenters. The van der Waals surface area contributed by atoms with Crippen LogP contribution in [0.25, 0.3) is 125 Å². The van der Waals surface area contributed by atoms with Crippen LogP contribution in [0.1, 0.15) is 11.1 Å². The molecule has 0 amide bonds. The molecule has 66 heavy (non-hydrogen) atoms. The lowest BCUT2D eigenvalue weighted by Gasteiger charge is -2.26. The Labute approximate surface area is 381 Å². The summed E-state index contributed by atoms with van der Waals surface area (Å²) in [6.07, 6.45) is 0. The summed E-state index contributed by atoms with van der Waals surface area (Å²) < 4.78 is 9.19. The zero-order chi connectivity index (χ0) is 43.6. The van der Waals surface area contributed by atoms with Gasteiger partial charge in [0.2, 0.25) is 0 Å². The van der Waals surface area contributed by atoms with Gasteiger partial charge in [0.15, 0.2) is 0 Å².